The lowest BCUT2D eigenvalue weighted by molar-refractivity contribution is -0.137. The summed E-state index contributed by atoms with van der Waals surface area (Å²) in [6.07, 6.45) is 11.1. The average Bonchev–Trinajstić information content (AvgIpc) is 3.22. The van der Waals surface area contributed by atoms with Crippen molar-refractivity contribution in [1.82, 2.24) is 9.91 Å². The Bertz CT molecular complexity index is 611. The first kappa shape index (κ1) is 22.4. The van der Waals surface area contributed by atoms with E-state index in [-0.39, 0.29) is 29.3 Å². The number of urea groups is 1. The molecule has 1 aliphatic heterocycles. The Labute approximate surface area is 177 Å². The van der Waals surface area contributed by atoms with E-state index in [2.05, 4.69) is 12.0 Å². The Hall–Kier alpha value is -1.28. The molecule has 0 spiro atoms. The summed E-state index contributed by atoms with van der Waals surface area (Å²) in [5.41, 5.74) is 0. The molecule has 2 saturated carbocycles. The van der Waals surface area contributed by atoms with Gasteiger partial charge in [-0.1, -0.05) is 26.2 Å². The maximum absolute atomic E-state index is 13.2. The number of hydrogen-bond acceptors (Lipinski definition) is 5. The average molecular weight is 426 g/mol. The van der Waals surface area contributed by atoms with Gasteiger partial charge in [-0.25, -0.2) is 9.80 Å². The van der Waals surface area contributed by atoms with Crippen molar-refractivity contribution in [2.45, 2.75) is 94.6 Å². The third-order valence-electron chi connectivity index (χ3n) is 6.52. The third-order valence-corrected chi connectivity index (χ3v) is 8.21. The van der Waals surface area contributed by atoms with E-state index in [0.29, 0.717) is 13.0 Å². The summed E-state index contributed by atoms with van der Waals surface area (Å²) in [5.74, 6) is 0.191. The molecule has 2 aliphatic carbocycles. The lowest BCUT2D eigenvalue weighted by Gasteiger charge is -2.36. The number of carbonyl (C=O) groups excluding carboxylic acids is 1. The van der Waals surface area contributed by atoms with Crippen LogP contribution in [0.5, 0.6) is 0 Å². The molecule has 8 heteroatoms. The molecule has 0 bridgehead atoms. The lowest BCUT2D eigenvalue weighted by Crippen LogP contribution is -2.46. The van der Waals surface area contributed by atoms with Crippen LogP contribution in [0.4, 0.5) is 4.79 Å². The minimum Gasteiger partial charge on any atom is -0.481 e. The van der Waals surface area contributed by atoms with Gasteiger partial charge >= 0.3 is 12.0 Å². The molecule has 0 aromatic heterocycles. The van der Waals surface area contributed by atoms with E-state index in [1.807, 2.05) is 4.90 Å². The van der Waals surface area contributed by atoms with Crippen molar-refractivity contribution in [3.63, 3.8) is 0 Å². The first-order valence-corrected chi connectivity index (χ1v) is 12.2. The number of fused-ring (bicyclic) bond motifs is 1. The topological polar surface area (TPSA) is 93.4 Å². The van der Waals surface area contributed by atoms with Crippen molar-refractivity contribution in [2.75, 3.05) is 12.3 Å². The van der Waals surface area contributed by atoms with Gasteiger partial charge in [-0.15, -0.1) is 11.8 Å². The first-order valence-electron chi connectivity index (χ1n) is 11.2. The van der Waals surface area contributed by atoms with Crippen molar-refractivity contribution in [3.05, 3.63) is 0 Å². The van der Waals surface area contributed by atoms with Gasteiger partial charge in [0.05, 0.1) is 18.4 Å². The van der Waals surface area contributed by atoms with Crippen molar-refractivity contribution in [1.29, 1.82) is 0 Å². The largest absolute Gasteiger partial charge is 0.481 e. The number of rotatable bonds is 10. The number of carboxylic acid groups (broad SMARTS) is 1. The zero-order chi connectivity index (χ0) is 20.9. The zero-order valence-corrected chi connectivity index (χ0v) is 18.3. The second-order valence-electron chi connectivity index (χ2n) is 8.53. The number of hydrazone groups is 1. The van der Waals surface area contributed by atoms with Gasteiger partial charge in [0, 0.05) is 13.0 Å². The molecule has 0 radical (unpaired) electrons. The molecule has 3 aliphatic rings. The number of carboxylic acids is 1. The van der Waals surface area contributed by atoms with Gasteiger partial charge < -0.3 is 15.1 Å². The SMILES string of the molecule is CCCN1C(=O)N(/N=C/[C@@H](O)C2CCCCC2)[C@H]2CCC[C@]21SCCCC(=O)O. The summed E-state index contributed by atoms with van der Waals surface area (Å²) in [7, 11) is 0. The van der Waals surface area contributed by atoms with Crippen LogP contribution in [0.25, 0.3) is 0 Å². The summed E-state index contributed by atoms with van der Waals surface area (Å²) in [6, 6.07) is -0.0828. The number of aliphatic carboxylic acids is 1. The molecule has 164 valence electrons. The summed E-state index contributed by atoms with van der Waals surface area (Å²) < 4.78 is 0. The normalized spacial score (nSPS) is 29.0. The van der Waals surface area contributed by atoms with Crippen LogP contribution in [-0.4, -0.2) is 67.7 Å². The molecule has 3 atom stereocenters. The fourth-order valence-electron chi connectivity index (χ4n) is 5.08. The van der Waals surface area contributed by atoms with E-state index in [1.165, 1.54) is 6.42 Å². The van der Waals surface area contributed by atoms with E-state index in [0.717, 1.165) is 57.1 Å². The predicted molar refractivity (Wildman–Crippen MR) is 115 cm³/mol. The van der Waals surface area contributed by atoms with E-state index in [4.69, 9.17) is 5.11 Å². The highest BCUT2D eigenvalue weighted by atomic mass is 32.2. The maximum Gasteiger partial charge on any atom is 0.341 e. The smallest absolute Gasteiger partial charge is 0.341 e. The molecule has 2 amide bonds. The van der Waals surface area contributed by atoms with Gasteiger partial charge in [0.15, 0.2) is 0 Å². The molecule has 1 saturated heterocycles. The zero-order valence-electron chi connectivity index (χ0n) is 17.5. The van der Waals surface area contributed by atoms with Crippen LogP contribution in [0.3, 0.4) is 0 Å². The van der Waals surface area contributed by atoms with E-state index < -0.39 is 12.1 Å². The van der Waals surface area contributed by atoms with Crippen LogP contribution < -0.4 is 0 Å². The molecule has 0 aromatic carbocycles. The fraction of sp³-hybridized carbons (Fsp3) is 0.857. The second-order valence-corrected chi connectivity index (χ2v) is 9.93. The molecular formula is C21H35N3O4S. The Morgan fingerprint density at radius 3 is 2.76 bits per heavy atom. The van der Waals surface area contributed by atoms with Gasteiger partial charge in [-0.2, -0.15) is 5.10 Å². The maximum atomic E-state index is 13.2. The third kappa shape index (κ3) is 4.90. The molecule has 3 fully saturated rings. The Kier molecular flexibility index (Phi) is 7.85. The van der Waals surface area contributed by atoms with Crippen LogP contribution >= 0.6 is 11.8 Å². The van der Waals surface area contributed by atoms with Crippen LogP contribution in [-0.2, 0) is 4.79 Å². The molecule has 7 nitrogen and oxygen atoms in total. The van der Waals surface area contributed by atoms with Crippen molar-refractivity contribution >= 4 is 30.0 Å². The Balaban J connectivity index is 1.71. The van der Waals surface area contributed by atoms with Crippen LogP contribution in [0.1, 0.15) is 77.6 Å². The molecule has 2 N–H and O–H groups in total. The number of hydrogen-bond donors (Lipinski definition) is 2. The fourth-order valence-corrected chi connectivity index (χ4v) is 6.75. The highest BCUT2D eigenvalue weighted by Gasteiger charge is 2.59. The summed E-state index contributed by atoms with van der Waals surface area (Å²) >= 11 is 1.73. The number of aliphatic hydroxyl groups excluding tert-OH is 1. The number of amides is 2. The monoisotopic (exact) mass is 425 g/mol. The molecule has 0 unspecified atom stereocenters. The summed E-state index contributed by atoms with van der Waals surface area (Å²) in [4.78, 5) is 25.7. The lowest BCUT2D eigenvalue weighted by atomic mass is 9.86. The summed E-state index contributed by atoms with van der Waals surface area (Å²) in [6.45, 7) is 2.75. The highest BCUT2D eigenvalue weighted by Crippen LogP contribution is 2.51. The van der Waals surface area contributed by atoms with E-state index in [1.54, 1.807) is 23.0 Å². The van der Waals surface area contributed by atoms with E-state index >= 15 is 0 Å². The minimum atomic E-state index is -0.776. The summed E-state index contributed by atoms with van der Waals surface area (Å²) in [5, 5.41) is 25.6. The van der Waals surface area contributed by atoms with Gasteiger partial charge in [-0.3, -0.25) is 4.79 Å². The van der Waals surface area contributed by atoms with Gasteiger partial charge in [0.25, 0.3) is 0 Å². The number of aliphatic hydroxyl groups is 1. The molecule has 3 rings (SSSR count). The second kappa shape index (κ2) is 10.2. The van der Waals surface area contributed by atoms with Crippen molar-refractivity contribution in [3.8, 4) is 0 Å². The predicted octanol–water partition coefficient (Wildman–Crippen LogP) is 3.91. The van der Waals surface area contributed by atoms with Crippen molar-refractivity contribution in [2.24, 2.45) is 11.0 Å². The quantitative estimate of drug-likeness (QED) is 0.409. The van der Waals surface area contributed by atoms with Gasteiger partial charge in [-0.05, 0) is 56.6 Å². The van der Waals surface area contributed by atoms with Gasteiger partial charge in [0.2, 0.25) is 0 Å². The molecule has 1 heterocycles. The number of thioether (sulfide) groups is 1. The van der Waals surface area contributed by atoms with Gasteiger partial charge in [0.1, 0.15) is 4.87 Å². The molecule has 0 aromatic rings. The van der Waals surface area contributed by atoms with Crippen LogP contribution in [0.15, 0.2) is 5.10 Å². The number of carbonyl (C=O) groups is 2. The van der Waals surface area contributed by atoms with Crippen LogP contribution in [0, 0.1) is 5.92 Å². The van der Waals surface area contributed by atoms with Crippen molar-refractivity contribution < 1.29 is 19.8 Å². The minimum absolute atomic E-state index is 0.00816. The Morgan fingerprint density at radius 1 is 1.31 bits per heavy atom. The van der Waals surface area contributed by atoms with E-state index in [9.17, 15) is 14.7 Å². The van der Waals surface area contributed by atoms with Crippen LogP contribution in [0.2, 0.25) is 0 Å². The standard InChI is InChI=1S/C21H35N3O4S/c1-2-13-23-20(28)24(22-15-17(25)16-8-4-3-5-9-16)18-10-6-12-21(18,23)29-14-7-11-19(26)27/h15-18,25H,2-14H2,1H3,(H,26,27)/b22-15+/t17-,18+,21+/m1/s1. The first-order chi connectivity index (χ1) is 14.0. The number of nitrogens with zero attached hydrogens (tertiary/aromatic N) is 3. The molecular weight excluding hydrogens is 390 g/mol. The Morgan fingerprint density at radius 2 is 2.07 bits per heavy atom. The molecule has 29 heavy (non-hydrogen) atoms. The highest BCUT2D eigenvalue weighted by molar-refractivity contribution is 8.00.